The molecule has 0 aromatic heterocycles. The van der Waals surface area contributed by atoms with E-state index in [1.54, 1.807) is 4.90 Å². The van der Waals surface area contributed by atoms with Gasteiger partial charge in [0.2, 0.25) is 0 Å². The van der Waals surface area contributed by atoms with Gasteiger partial charge < -0.3 is 14.4 Å². The zero-order valence-electron chi connectivity index (χ0n) is 11.6. The zero-order valence-corrected chi connectivity index (χ0v) is 11.6. The number of rotatable bonds is 0. The molecule has 0 unspecified atom stereocenters. The van der Waals surface area contributed by atoms with Crippen LogP contribution in [-0.2, 0) is 9.47 Å². The predicted octanol–water partition coefficient (Wildman–Crippen LogP) is 1.00. The molecule has 0 aliphatic carbocycles. The molecule has 7 heteroatoms. The second-order valence-electron chi connectivity index (χ2n) is 6.02. The average Bonchev–Trinajstić information content (AvgIpc) is 2.27. The van der Waals surface area contributed by atoms with E-state index in [1.807, 2.05) is 20.8 Å². The summed E-state index contributed by atoms with van der Waals surface area (Å²) in [6.45, 7) is 7.15. The highest BCUT2D eigenvalue weighted by Gasteiger charge is 2.42. The normalized spacial score (nSPS) is 22.7. The second kappa shape index (κ2) is 4.88. The van der Waals surface area contributed by atoms with Crippen LogP contribution in [-0.4, -0.2) is 47.9 Å². The number of nitrogens with one attached hydrogen (secondary N) is 2. The number of hydrazine groups is 1. The SMILES string of the molecule is CC(C)(C)OC(=O)N1CCC2(CC1)CNNC(=O)O2. The molecule has 2 saturated heterocycles. The Labute approximate surface area is 112 Å². The summed E-state index contributed by atoms with van der Waals surface area (Å²) in [5, 5.41) is 0. The summed E-state index contributed by atoms with van der Waals surface area (Å²) in [5.41, 5.74) is 4.23. The van der Waals surface area contributed by atoms with E-state index in [1.165, 1.54) is 0 Å². The molecule has 0 atom stereocenters. The molecule has 7 nitrogen and oxygen atoms in total. The zero-order chi connectivity index (χ0) is 14.1. The van der Waals surface area contributed by atoms with E-state index < -0.39 is 17.3 Å². The van der Waals surface area contributed by atoms with Gasteiger partial charge in [-0.15, -0.1) is 0 Å². The van der Waals surface area contributed by atoms with Gasteiger partial charge in [0.25, 0.3) is 0 Å². The molecular formula is C12H21N3O4. The number of piperidine rings is 1. The smallest absolute Gasteiger partial charge is 0.422 e. The molecule has 2 N–H and O–H groups in total. The van der Waals surface area contributed by atoms with Gasteiger partial charge in [0.05, 0.1) is 6.54 Å². The maximum atomic E-state index is 11.9. The van der Waals surface area contributed by atoms with Gasteiger partial charge in [-0.3, -0.25) is 5.43 Å². The lowest BCUT2D eigenvalue weighted by Crippen LogP contribution is -2.61. The van der Waals surface area contributed by atoms with Gasteiger partial charge in [0.1, 0.15) is 11.2 Å². The van der Waals surface area contributed by atoms with Crippen molar-refractivity contribution in [3.63, 3.8) is 0 Å². The summed E-state index contributed by atoms with van der Waals surface area (Å²) < 4.78 is 10.7. The van der Waals surface area contributed by atoms with E-state index in [2.05, 4.69) is 10.9 Å². The van der Waals surface area contributed by atoms with Gasteiger partial charge in [-0.25, -0.2) is 15.0 Å². The molecule has 108 valence electrons. The minimum atomic E-state index is -0.499. The van der Waals surface area contributed by atoms with Crippen LogP contribution in [0.1, 0.15) is 33.6 Å². The van der Waals surface area contributed by atoms with Crippen molar-refractivity contribution in [1.29, 1.82) is 0 Å². The Bertz CT molecular complexity index is 370. The summed E-state index contributed by atoms with van der Waals surface area (Å²) in [6, 6.07) is 0. The Kier molecular flexibility index (Phi) is 3.58. The number of ether oxygens (including phenoxy) is 2. The number of amides is 2. The molecule has 0 radical (unpaired) electrons. The fourth-order valence-corrected chi connectivity index (χ4v) is 2.24. The lowest BCUT2D eigenvalue weighted by molar-refractivity contribution is -0.0574. The molecular weight excluding hydrogens is 250 g/mol. The van der Waals surface area contributed by atoms with Crippen molar-refractivity contribution in [2.75, 3.05) is 19.6 Å². The third-order valence-corrected chi connectivity index (χ3v) is 3.24. The minimum Gasteiger partial charge on any atom is -0.444 e. The van der Waals surface area contributed by atoms with Crippen molar-refractivity contribution in [2.45, 2.75) is 44.8 Å². The lowest BCUT2D eigenvalue weighted by Gasteiger charge is -2.43. The molecule has 0 aromatic carbocycles. The van der Waals surface area contributed by atoms with Gasteiger partial charge >= 0.3 is 12.2 Å². The predicted molar refractivity (Wildman–Crippen MR) is 67.4 cm³/mol. The van der Waals surface area contributed by atoms with Crippen LogP contribution >= 0.6 is 0 Å². The number of nitrogens with zero attached hydrogens (tertiary/aromatic N) is 1. The van der Waals surface area contributed by atoms with Gasteiger partial charge in [-0.2, -0.15) is 0 Å². The van der Waals surface area contributed by atoms with Crippen LogP contribution in [0.15, 0.2) is 0 Å². The highest BCUT2D eigenvalue weighted by Crippen LogP contribution is 2.28. The van der Waals surface area contributed by atoms with Crippen molar-refractivity contribution >= 4 is 12.2 Å². The molecule has 0 aromatic rings. The van der Waals surface area contributed by atoms with Gasteiger partial charge in [-0.05, 0) is 20.8 Å². The Balaban J connectivity index is 1.88. The molecule has 2 rings (SSSR count). The third-order valence-electron chi connectivity index (χ3n) is 3.24. The maximum absolute atomic E-state index is 11.9. The first-order valence-corrected chi connectivity index (χ1v) is 6.50. The maximum Gasteiger partial charge on any atom is 0.422 e. The summed E-state index contributed by atoms with van der Waals surface area (Å²) >= 11 is 0. The molecule has 1 spiro atoms. The van der Waals surface area contributed by atoms with Crippen molar-refractivity contribution in [3.8, 4) is 0 Å². The van der Waals surface area contributed by atoms with Crippen LogP contribution in [0.2, 0.25) is 0 Å². The summed E-state index contributed by atoms with van der Waals surface area (Å²) in [6.07, 6.45) is 0.465. The molecule has 2 aliphatic heterocycles. The Morgan fingerprint density at radius 2 is 2.00 bits per heavy atom. The van der Waals surface area contributed by atoms with Gasteiger partial charge in [-0.1, -0.05) is 0 Å². The number of hydrogen-bond donors (Lipinski definition) is 2. The van der Waals surface area contributed by atoms with E-state index in [0.717, 1.165) is 0 Å². The van der Waals surface area contributed by atoms with Crippen molar-refractivity contribution in [3.05, 3.63) is 0 Å². The van der Waals surface area contributed by atoms with Crippen LogP contribution in [0.25, 0.3) is 0 Å². The molecule has 0 saturated carbocycles. The number of hydrogen-bond acceptors (Lipinski definition) is 5. The summed E-state index contributed by atoms with van der Waals surface area (Å²) in [4.78, 5) is 24.8. The fraction of sp³-hybridized carbons (Fsp3) is 0.833. The topological polar surface area (TPSA) is 79.9 Å². The summed E-state index contributed by atoms with van der Waals surface area (Å²) in [5.74, 6) is 0. The fourth-order valence-electron chi connectivity index (χ4n) is 2.24. The van der Waals surface area contributed by atoms with Gasteiger partial charge in [0, 0.05) is 25.9 Å². The van der Waals surface area contributed by atoms with Crippen molar-refractivity contribution in [1.82, 2.24) is 15.8 Å². The number of likely N-dealkylation sites (tertiary alicyclic amines) is 1. The molecule has 19 heavy (non-hydrogen) atoms. The van der Waals surface area contributed by atoms with E-state index in [-0.39, 0.29) is 6.09 Å². The van der Waals surface area contributed by atoms with Crippen LogP contribution in [0.3, 0.4) is 0 Å². The number of carbonyl (C=O) groups excluding carboxylic acids is 2. The monoisotopic (exact) mass is 271 g/mol. The minimum absolute atomic E-state index is 0.310. The Morgan fingerprint density at radius 3 is 2.53 bits per heavy atom. The molecule has 2 amide bonds. The van der Waals surface area contributed by atoms with Crippen LogP contribution in [0.5, 0.6) is 0 Å². The largest absolute Gasteiger partial charge is 0.444 e. The molecule has 2 heterocycles. The third kappa shape index (κ3) is 3.50. The van der Waals surface area contributed by atoms with E-state index in [9.17, 15) is 9.59 Å². The average molecular weight is 271 g/mol. The Hall–Kier alpha value is -1.50. The van der Waals surface area contributed by atoms with Gasteiger partial charge in [0.15, 0.2) is 0 Å². The van der Waals surface area contributed by atoms with Crippen molar-refractivity contribution < 1.29 is 19.1 Å². The highest BCUT2D eigenvalue weighted by atomic mass is 16.6. The summed E-state index contributed by atoms with van der Waals surface area (Å²) in [7, 11) is 0. The first-order valence-electron chi connectivity index (χ1n) is 6.50. The molecule has 0 bridgehead atoms. The first-order chi connectivity index (χ1) is 8.80. The number of carbonyl (C=O) groups is 2. The highest BCUT2D eigenvalue weighted by molar-refractivity contribution is 5.69. The van der Waals surface area contributed by atoms with Crippen molar-refractivity contribution in [2.24, 2.45) is 0 Å². The van der Waals surface area contributed by atoms with Crippen LogP contribution in [0, 0.1) is 0 Å². The Morgan fingerprint density at radius 1 is 1.37 bits per heavy atom. The standard InChI is InChI=1S/C12H21N3O4/c1-11(2,3)19-10(17)15-6-4-12(5-7-15)8-13-14-9(16)18-12/h13H,4-8H2,1-3H3,(H,14,16). The van der Waals surface area contributed by atoms with E-state index >= 15 is 0 Å². The lowest BCUT2D eigenvalue weighted by atomic mass is 9.91. The first kappa shape index (κ1) is 13.9. The molecule has 2 fully saturated rings. The quantitative estimate of drug-likeness (QED) is 0.687. The second-order valence-corrected chi connectivity index (χ2v) is 6.02. The van der Waals surface area contributed by atoms with E-state index in [0.29, 0.717) is 32.5 Å². The van der Waals surface area contributed by atoms with Crippen LogP contribution < -0.4 is 10.9 Å². The van der Waals surface area contributed by atoms with Crippen LogP contribution in [0.4, 0.5) is 9.59 Å². The molecule has 2 aliphatic rings. The van der Waals surface area contributed by atoms with E-state index in [4.69, 9.17) is 9.47 Å².